The third-order valence-corrected chi connectivity index (χ3v) is 3.94. The Bertz CT molecular complexity index is 282. The Morgan fingerprint density at radius 1 is 1.35 bits per heavy atom. The minimum Gasteiger partial charge on any atom is -0.315 e. The maximum absolute atomic E-state index is 3.54. The molecule has 0 aliphatic rings. The number of likely N-dealkylation sites (N-methyl/N-ethyl adjacent to an activating group) is 1. The largest absolute Gasteiger partial charge is 0.315 e. The van der Waals surface area contributed by atoms with E-state index in [2.05, 4.69) is 55.5 Å². The zero-order chi connectivity index (χ0) is 12.7. The molecule has 1 aromatic rings. The maximum Gasteiger partial charge on any atom is 0.0328 e. The van der Waals surface area contributed by atoms with Gasteiger partial charge in [0, 0.05) is 24.0 Å². The fourth-order valence-electron chi connectivity index (χ4n) is 1.66. The maximum atomic E-state index is 3.54. The van der Waals surface area contributed by atoms with Gasteiger partial charge in [-0.15, -0.1) is 11.3 Å². The van der Waals surface area contributed by atoms with Gasteiger partial charge in [-0.3, -0.25) is 4.90 Å². The summed E-state index contributed by atoms with van der Waals surface area (Å²) >= 11 is 1.84. The lowest BCUT2D eigenvalue weighted by atomic mass is 10.1. The molecule has 0 saturated carbocycles. The summed E-state index contributed by atoms with van der Waals surface area (Å²) in [7, 11) is 2.20. The summed E-state index contributed by atoms with van der Waals surface area (Å²) in [4.78, 5) is 3.86. The van der Waals surface area contributed by atoms with Crippen molar-refractivity contribution in [2.75, 3.05) is 20.1 Å². The highest BCUT2D eigenvalue weighted by atomic mass is 32.1. The Morgan fingerprint density at radius 2 is 2.12 bits per heavy atom. The molecule has 1 atom stereocenters. The zero-order valence-electron chi connectivity index (χ0n) is 11.6. The molecule has 2 nitrogen and oxygen atoms in total. The molecule has 0 saturated heterocycles. The van der Waals surface area contributed by atoms with Gasteiger partial charge in [0.1, 0.15) is 0 Å². The van der Waals surface area contributed by atoms with Crippen molar-refractivity contribution in [2.45, 2.75) is 39.8 Å². The number of thiophene rings is 1. The average Bonchev–Trinajstić information content (AvgIpc) is 2.76. The number of nitrogens with one attached hydrogen (secondary N) is 1. The summed E-state index contributed by atoms with van der Waals surface area (Å²) in [6, 6.07) is 4.92. The quantitative estimate of drug-likeness (QED) is 0.717. The first-order chi connectivity index (χ1) is 8.09. The van der Waals surface area contributed by atoms with E-state index in [1.807, 2.05) is 11.3 Å². The van der Waals surface area contributed by atoms with Gasteiger partial charge in [-0.05, 0) is 44.3 Å². The van der Waals surface area contributed by atoms with E-state index in [1.165, 1.54) is 11.3 Å². The predicted molar refractivity (Wildman–Crippen MR) is 77.6 cm³/mol. The van der Waals surface area contributed by atoms with Gasteiger partial charge in [0.25, 0.3) is 0 Å². The van der Waals surface area contributed by atoms with Crippen molar-refractivity contribution >= 4 is 11.3 Å². The van der Waals surface area contributed by atoms with Crippen molar-refractivity contribution in [2.24, 2.45) is 5.92 Å². The number of hydrogen-bond acceptors (Lipinski definition) is 3. The fraction of sp³-hybridized carbons (Fsp3) is 0.714. The van der Waals surface area contributed by atoms with Crippen LogP contribution in [-0.4, -0.2) is 31.1 Å². The second kappa shape index (κ2) is 7.85. The standard InChI is InChI=1S/C14H26N2S/c1-12(2)7-8-15-10-13(3)16(4)11-14-6-5-9-17-14/h5-6,9,12-13,15H,7-8,10-11H2,1-4H3. The molecule has 3 heteroatoms. The molecule has 17 heavy (non-hydrogen) atoms. The SMILES string of the molecule is CC(C)CCNCC(C)N(C)Cc1cccs1. The molecule has 0 aromatic carbocycles. The summed E-state index contributed by atoms with van der Waals surface area (Å²) in [5.41, 5.74) is 0. The molecule has 0 spiro atoms. The molecule has 1 N–H and O–H groups in total. The van der Waals surface area contributed by atoms with Crippen molar-refractivity contribution in [1.29, 1.82) is 0 Å². The fourth-order valence-corrected chi connectivity index (χ4v) is 2.43. The van der Waals surface area contributed by atoms with Crippen LogP contribution in [0.5, 0.6) is 0 Å². The molecule has 0 aliphatic carbocycles. The van der Waals surface area contributed by atoms with Crippen LogP contribution in [0.4, 0.5) is 0 Å². The van der Waals surface area contributed by atoms with Crippen molar-refractivity contribution < 1.29 is 0 Å². The van der Waals surface area contributed by atoms with Crippen molar-refractivity contribution in [1.82, 2.24) is 10.2 Å². The van der Waals surface area contributed by atoms with Crippen LogP contribution < -0.4 is 5.32 Å². The number of rotatable bonds is 8. The monoisotopic (exact) mass is 254 g/mol. The zero-order valence-corrected chi connectivity index (χ0v) is 12.4. The normalized spacial score (nSPS) is 13.5. The number of hydrogen-bond donors (Lipinski definition) is 1. The summed E-state index contributed by atoms with van der Waals surface area (Å²) in [5, 5.41) is 5.69. The molecule has 0 fully saturated rings. The third kappa shape index (κ3) is 6.20. The van der Waals surface area contributed by atoms with Crippen LogP contribution in [-0.2, 0) is 6.54 Å². The summed E-state index contributed by atoms with van der Waals surface area (Å²) in [6.45, 7) is 10.1. The highest BCUT2D eigenvalue weighted by molar-refractivity contribution is 7.09. The Balaban J connectivity index is 2.16. The van der Waals surface area contributed by atoms with Crippen LogP contribution in [0.1, 0.15) is 32.1 Å². The highest BCUT2D eigenvalue weighted by Crippen LogP contribution is 2.12. The van der Waals surface area contributed by atoms with Crippen molar-refractivity contribution in [3.05, 3.63) is 22.4 Å². The van der Waals surface area contributed by atoms with Gasteiger partial charge in [-0.1, -0.05) is 19.9 Å². The first-order valence-electron chi connectivity index (χ1n) is 6.53. The Morgan fingerprint density at radius 3 is 2.71 bits per heavy atom. The Hall–Kier alpha value is -0.380. The van der Waals surface area contributed by atoms with Crippen molar-refractivity contribution in [3.8, 4) is 0 Å². The van der Waals surface area contributed by atoms with Gasteiger partial charge < -0.3 is 5.32 Å². The van der Waals surface area contributed by atoms with Gasteiger partial charge in [0.05, 0.1) is 0 Å². The van der Waals surface area contributed by atoms with Crippen LogP contribution in [0.25, 0.3) is 0 Å². The predicted octanol–water partition coefficient (Wildman–Crippen LogP) is 3.20. The average molecular weight is 254 g/mol. The Kier molecular flexibility index (Phi) is 6.78. The molecule has 1 heterocycles. The van der Waals surface area contributed by atoms with E-state index in [0.29, 0.717) is 6.04 Å². The van der Waals surface area contributed by atoms with Gasteiger partial charge in [-0.2, -0.15) is 0 Å². The summed E-state index contributed by atoms with van der Waals surface area (Å²) < 4.78 is 0. The minimum atomic E-state index is 0.587. The first kappa shape index (κ1) is 14.7. The molecule has 0 aliphatic heterocycles. The lowest BCUT2D eigenvalue weighted by Gasteiger charge is -2.24. The smallest absolute Gasteiger partial charge is 0.0328 e. The third-order valence-electron chi connectivity index (χ3n) is 3.08. The van der Waals surface area contributed by atoms with Crippen LogP contribution >= 0.6 is 11.3 Å². The summed E-state index contributed by atoms with van der Waals surface area (Å²) in [5.74, 6) is 0.793. The van der Waals surface area contributed by atoms with Gasteiger partial charge in [0.15, 0.2) is 0 Å². The van der Waals surface area contributed by atoms with E-state index >= 15 is 0 Å². The minimum absolute atomic E-state index is 0.587. The topological polar surface area (TPSA) is 15.3 Å². The van der Waals surface area contributed by atoms with Crippen LogP contribution in [0.2, 0.25) is 0 Å². The molecule has 98 valence electrons. The Labute approximate surface area is 110 Å². The number of nitrogens with zero attached hydrogens (tertiary/aromatic N) is 1. The van der Waals surface area contributed by atoms with Gasteiger partial charge >= 0.3 is 0 Å². The second-order valence-corrected chi connectivity index (χ2v) is 6.26. The molecule has 0 radical (unpaired) electrons. The van der Waals surface area contributed by atoms with E-state index in [4.69, 9.17) is 0 Å². The lowest BCUT2D eigenvalue weighted by molar-refractivity contribution is 0.244. The highest BCUT2D eigenvalue weighted by Gasteiger charge is 2.09. The lowest BCUT2D eigenvalue weighted by Crippen LogP contribution is -2.37. The van der Waals surface area contributed by atoms with Gasteiger partial charge in [-0.25, -0.2) is 0 Å². The molecule has 0 bridgehead atoms. The summed E-state index contributed by atoms with van der Waals surface area (Å²) in [6.07, 6.45) is 1.27. The molecule has 1 aromatic heterocycles. The molecule has 0 amide bonds. The van der Waals surface area contributed by atoms with Crippen molar-refractivity contribution in [3.63, 3.8) is 0 Å². The molecule has 1 rings (SSSR count). The van der Waals surface area contributed by atoms with E-state index in [0.717, 1.165) is 25.6 Å². The van der Waals surface area contributed by atoms with Crippen LogP contribution in [0.15, 0.2) is 17.5 Å². The van der Waals surface area contributed by atoms with E-state index in [9.17, 15) is 0 Å². The molecular weight excluding hydrogens is 228 g/mol. The van der Waals surface area contributed by atoms with Gasteiger partial charge in [0.2, 0.25) is 0 Å². The second-order valence-electron chi connectivity index (χ2n) is 5.23. The first-order valence-corrected chi connectivity index (χ1v) is 7.41. The van der Waals surface area contributed by atoms with E-state index in [-0.39, 0.29) is 0 Å². The van der Waals surface area contributed by atoms with E-state index in [1.54, 1.807) is 0 Å². The molecular formula is C14H26N2S. The molecule has 1 unspecified atom stereocenters. The van der Waals surface area contributed by atoms with E-state index < -0.39 is 0 Å². The van der Waals surface area contributed by atoms with Crippen LogP contribution in [0, 0.1) is 5.92 Å². The van der Waals surface area contributed by atoms with Crippen LogP contribution in [0.3, 0.4) is 0 Å².